The van der Waals surface area contributed by atoms with Crippen molar-refractivity contribution >= 4 is 17.2 Å². The summed E-state index contributed by atoms with van der Waals surface area (Å²) in [6, 6.07) is 10.1. The number of rotatable bonds is 3. The molecule has 6 heteroatoms. The lowest BCUT2D eigenvalue weighted by molar-refractivity contribution is 0.0628. The molecule has 1 fully saturated rings. The second-order valence-corrected chi connectivity index (χ2v) is 9.66. The number of carbonyl (C=O) groups excluding carboxylic acids is 1. The number of thiazole rings is 1. The van der Waals surface area contributed by atoms with Gasteiger partial charge < -0.3 is 4.90 Å². The van der Waals surface area contributed by atoms with Crippen LogP contribution in [0.1, 0.15) is 65.8 Å². The monoisotopic (exact) mass is 418 g/mol. The van der Waals surface area contributed by atoms with Gasteiger partial charge in [0.15, 0.2) is 5.82 Å². The smallest absolute Gasteiger partial charge is 0.273 e. The summed E-state index contributed by atoms with van der Waals surface area (Å²) in [6.07, 6.45) is 6.09. The Balaban J connectivity index is 1.44. The molecule has 30 heavy (non-hydrogen) atoms. The van der Waals surface area contributed by atoms with E-state index in [9.17, 15) is 4.79 Å². The molecule has 1 saturated heterocycles. The molecule has 1 aromatic carbocycles. The fourth-order valence-electron chi connectivity index (χ4n) is 4.78. The standard InChI is InChI=1S/C24H26N4OS/c1-16(2)22-26-19(14-30-22)23(29)28-12-6-10-24(15-28)11-9-18-13-25-21(27-20(18)24)17-7-4-3-5-8-17/h3-5,7-8,13-14,16H,6,9-12,15H2,1-2H3. The Hall–Kier alpha value is -2.60. The van der Waals surface area contributed by atoms with E-state index >= 15 is 0 Å². The first kappa shape index (κ1) is 19.4. The third-order valence-corrected chi connectivity index (χ3v) is 7.52. The fraction of sp³-hybridized carbons (Fsp3) is 0.417. The summed E-state index contributed by atoms with van der Waals surface area (Å²) in [7, 11) is 0. The van der Waals surface area contributed by atoms with Crippen LogP contribution in [0.5, 0.6) is 0 Å². The Bertz CT molecular complexity index is 1070. The first-order valence-electron chi connectivity index (χ1n) is 10.7. The zero-order valence-corrected chi connectivity index (χ0v) is 18.3. The minimum atomic E-state index is -0.0629. The minimum absolute atomic E-state index is 0.0583. The van der Waals surface area contributed by atoms with Gasteiger partial charge in [0.1, 0.15) is 5.69 Å². The van der Waals surface area contributed by atoms with Crippen LogP contribution < -0.4 is 0 Å². The van der Waals surface area contributed by atoms with E-state index in [0.29, 0.717) is 11.6 Å². The van der Waals surface area contributed by atoms with Crippen molar-refractivity contribution in [3.8, 4) is 11.4 Å². The second-order valence-electron chi connectivity index (χ2n) is 8.77. The number of nitrogens with zero attached hydrogens (tertiary/aromatic N) is 4. The Morgan fingerprint density at radius 2 is 2.00 bits per heavy atom. The second kappa shape index (κ2) is 7.58. The third-order valence-electron chi connectivity index (χ3n) is 6.37. The summed E-state index contributed by atoms with van der Waals surface area (Å²) in [5.74, 6) is 1.18. The lowest BCUT2D eigenvalue weighted by atomic mass is 9.77. The van der Waals surface area contributed by atoms with Crippen molar-refractivity contribution in [3.05, 3.63) is 63.9 Å². The van der Waals surface area contributed by atoms with Crippen LogP contribution in [-0.2, 0) is 11.8 Å². The Labute approximate surface area is 181 Å². The molecule has 1 atom stereocenters. The van der Waals surface area contributed by atoms with E-state index in [4.69, 9.17) is 4.98 Å². The molecule has 2 aliphatic rings. The topological polar surface area (TPSA) is 59.0 Å². The molecule has 1 aliphatic carbocycles. The molecule has 0 bridgehead atoms. The highest BCUT2D eigenvalue weighted by molar-refractivity contribution is 7.09. The van der Waals surface area contributed by atoms with E-state index in [1.54, 1.807) is 11.3 Å². The van der Waals surface area contributed by atoms with Crippen molar-refractivity contribution in [2.75, 3.05) is 13.1 Å². The molecular weight excluding hydrogens is 392 g/mol. The van der Waals surface area contributed by atoms with E-state index in [-0.39, 0.29) is 11.3 Å². The molecule has 3 aromatic rings. The van der Waals surface area contributed by atoms with Crippen LogP contribution in [0, 0.1) is 0 Å². The van der Waals surface area contributed by atoms with Crippen molar-refractivity contribution in [2.45, 2.75) is 50.9 Å². The van der Waals surface area contributed by atoms with Gasteiger partial charge in [0.2, 0.25) is 0 Å². The minimum Gasteiger partial charge on any atom is -0.336 e. The zero-order chi connectivity index (χ0) is 20.7. The largest absolute Gasteiger partial charge is 0.336 e. The molecule has 5 nitrogen and oxygen atoms in total. The van der Waals surface area contributed by atoms with Gasteiger partial charge in [0.25, 0.3) is 5.91 Å². The predicted octanol–water partition coefficient (Wildman–Crippen LogP) is 4.84. The molecule has 154 valence electrons. The number of hydrogen-bond acceptors (Lipinski definition) is 5. The molecule has 1 spiro atoms. The zero-order valence-electron chi connectivity index (χ0n) is 17.5. The highest BCUT2D eigenvalue weighted by Gasteiger charge is 2.45. The Morgan fingerprint density at radius 3 is 2.77 bits per heavy atom. The maximum atomic E-state index is 13.2. The summed E-state index contributed by atoms with van der Waals surface area (Å²) in [4.78, 5) is 29.5. The molecule has 2 aromatic heterocycles. The number of hydrogen-bond donors (Lipinski definition) is 0. The lowest BCUT2D eigenvalue weighted by Gasteiger charge is -2.40. The summed E-state index contributed by atoms with van der Waals surface area (Å²) in [5.41, 5.74) is 3.95. The van der Waals surface area contributed by atoms with Crippen LogP contribution in [0.2, 0.25) is 0 Å². The molecule has 0 radical (unpaired) electrons. The van der Waals surface area contributed by atoms with Gasteiger partial charge in [0, 0.05) is 41.6 Å². The molecular formula is C24H26N4OS. The molecule has 3 heterocycles. The van der Waals surface area contributed by atoms with Crippen LogP contribution in [0.15, 0.2) is 41.9 Å². The number of aryl methyl sites for hydroxylation is 1. The highest BCUT2D eigenvalue weighted by atomic mass is 32.1. The van der Waals surface area contributed by atoms with Crippen LogP contribution in [-0.4, -0.2) is 38.8 Å². The van der Waals surface area contributed by atoms with Crippen molar-refractivity contribution in [1.82, 2.24) is 19.9 Å². The number of benzene rings is 1. The number of amides is 1. The van der Waals surface area contributed by atoms with Gasteiger partial charge in [-0.2, -0.15) is 0 Å². The normalized spacial score (nSPS) is 20.7. The maximum absolute atomic E-state index is 13.2. The highest BCUT2D eigenvalue weighted by Crippen LogP contribution is 2.44. The van der Waals surface area contributed by atoms with E-state index in [1.807, 2.05) is 34.7 Å². The molecule has 0 saturated carbocycles. The predicted molar refractivity (Wildman–Crippen MR) is 119 cm³/mol. The first-order chi connectivity index (χ1) is 14.6. The Kier molecular flexibility index (Phi) is 4.89. The van der Waals surface area contributed by atoms with E-state index < -0.39 is 0 Å². The summed E-state index contributed by atoms with van der Waals surface area (Å²) in [6.45, 7) is 5.74. The van der Waals surface area contributed by atoms with Gasteiger partial charge in [-0.05, 0) is 31.2 Å². The van der Waals surface area contributed by atoms with Crippen LogP contribution in [0.25, 0.3) is 11.4 Å². The van der Waals surface area contributed by atoms with Gasteiger partial charge in [-0.1, -0.05) is 44.2 Å². The molecule has 1 unspecified atom stereocenters. The van der Waals surface area contributed by atoms with Gasteiger partial charge >= 0.3 is 0 Å². The average molecular weight is 419 g/mol. The van der Waals surface area contributed by atoms with E-state index in [1.165, 1.54) is 5.56 Å². The number of piperidine rings is 1. The van der Waals surface area contributed by atoms with Crippen molar-refractivity contribution < 1.29 is 4.79 Å². The third kappa shape index (κ3) is 3.33. The first-order valence-corrected chi connectivity index (χ1v) is 11.6. The Morgan fingerprint density at radius 1 is 1.17 bits per heavy atom. The molecule has 0 N–H and O–H groups in total. The number of carbonyl (C=O) groups is 1. The molecule has 1 amide bonds. The average Bonchev–Trinajstić information content (AvgIpc) is 3.40. The van der Waals surface area contributed by atoms with Crippen molar-refractivity contribution in [1.29, 1.82) is 0 Å². The number of aromatic nitrogens is 3. The molecule has 1 aliphatic heterocycles. The van der Waals surface area contributed by atoms with E-state index in [2.05, 4.69) is 35.9 Å². The number of fused-ring (bicyclic) bond motifs is 2. The summed E-state index contributed by atoms with van der Waals surface area (Å²) >= 11 is 1.58. The van der Waals surface area contributed by atoms with Crippen LogP contribution in [0.4, 0.5) is 0 Å². The van der Waals surface area contributed by atoms with Gasteiger partial charge in [0.05, 0.1) is 10.7 Å². The van der Waals surface area contributed by atoms with Gasteiger partial charge in [-0.25, -0.2) is 15.0 Å². The van der Waals surface area contributed by atoms with Crippen molar-refractivity contribution in [3.63, 3.8) is 0 Å². The maximum Gasteiger partial charge on any atom is 0.273 e. The SMILES string of the molecule is CC(C)c1nc(C(=O)N2CCCC3(CCc4cnc(-c5ccccc5)nc43)C2)cs1. The number of likely N-dealkylation sites (tertiary alicyclic amines) is 1. The van der Waals surface area contributed by atoms with Crippen LogP contribution in [0.3, 0.4) is 0 Å². The summed E-state index contributed by atoms with van der Waals surface area (Å²) in [5, 5.41) is 2.94. The van der Waals surface area contributed by atoms with Crippen molar-refractivity contribution in [2.24, 2.45) is 0 Å². The lowest BCUT2D eigenvalue weighted by Crippen LogP contribution is -2.48. The fourth-order valence-corrected chi connectivity index (χ4v) is 5.59. The van der Waals surface area contributed by atoms with Gasteiger partial charge in [-0.15, -0.1) is 11.3 Å². The van der Waals surface area contributed by atoms with E-state index in [0.717, 1.165) is 60.9 Å². The van der Waals surface area contributed by atoms with Gasteiger partial charge in [-0.3, -0.25) is 4.79 Å². The summed E-state index contributed by atoms with van der Waals surface area (Å²) < 4.78 is 0. The molecule has 5 rings (SSSR count). The van der Waals surface area contributed by atoms with Crippen LogP contribution >= 0.6 is 11.3 Å². The quantitative estimate of drug-likeness (QED) is 0.610.